The summed E-state index contributed by atoms with van der Waals surface area (Å²) in [5.41, 5.74) is 5.52. The SMILES string of the molecule is CCC(NC(=O)c1ccc(C)cc1)C1c2cc(OC)c(OC)cc2CCN1Cc1ccccc1. The Morgan fingerprint density at radius 2 is 1.71 bits per heavy atom. The van der Waals surface area contributed by atoms with Gasteiger partial charge in [-0.1, -0.05) is 55.0 Å². The summed E-state index contributed by atoms with van der Waals surface area (Å²) in [7, 11) is 3.34. The third-order valence-electron chi connectivity index (χ3n) is 6.71. The fourth-order valence-corrected chi connectivity index (χ4v) is 4.86. The molecule has 2 atom stereocenters. The highest BCUT2D eigenvalue weighted by Gasteiger charge is 2.35. The number of nitrogens with zero attached hydrogens (tertiary/aromatic N) is 1. The van der Waals surface area contributed by atoms with Crippen LogP contribution in [0.4, 0.5) is 0 Å². The molecule has 0 fully saturated rings. The molecule has 1 heterocycles. The van der Waals surface area contributed by atoms with Gasteiger partial charge >= 0.3 is 0 Å². The second kappa shape index (κ2) is 10.7. The predicted octanol–water partition coefficient (Wildman–Crippen LogP) is 5.32. The summed E-state index contributed by atoms with van der Waals surface area (Å²) in [5, 5.41) is 3.34. The monoisotopic (exact) mass is 458 g/mol. The zero-order valence-electron chi connectivity index (χ0n) is 20.5. The Hall–Kier alpha value is -3.31. The van der Waals surface area contributed by atoms with Crippen molar-refractivity contribution in [2.75, 3.05) is 20.8 Å². The summed E-state index contributed by atoms with van der Waals surface area (Å²) >= 11 is 0. The number of aryl methyl sites for hydroxylation is 1. The summed E-state index contributed by atoms with van der Waals surface area (Å²) in [6, 6.07) is 22.4. The summed E-state index contributed by atoms with van der Waals surface area (Å²) < 4.78 is 11.2. The van der Waals surface area contributed by atoms with Gasteiger partial charge in [-0.15, -0.1) is 0 Å². The van der Waals surface area contributed by atoms with Crippen LogP contribution in [0, 0.1) is 6.92 Å². The van der Waals surface area contributed by atoms with Crippen LogP contribution in [0.3, 0.4) is 0 Å². The lowest BCUT2D eigenvalue weighted by Gasteiger charge is -2.42. The Balaban J connectivity index is 1.71. The van der Waals surface area contributed by atoms with E-state index in [0.29, 0.717) is 11.3 Å². The molecular weight excluding hydrogens is 424 g/mol. The molecule has 5 heteroatoms. The van der Waals surface area contributed by atoms with Gasteiger partial charge < -0.3 is 14.8 Å². The van der Waals surface area contributed by atoms with E-state index in [1.54, 1.807) is 14.2 Å². The van der Waals surface area contributed by atoms with E-state index in [1.807, 2.05) is 37.3 Å². The Kier molecular flexibility index (Phi) is 7.53. The Morgan fingerprint density at radius 3 is 2.35 bits per heavy atom. The van der Waals surface area contributed by atoms with Crippen molar-refractivity contribution in [1.29, 1.82) is 0 Å². The van der Waals surface area contributed by atoms with E-state index in [4.69, 9.17) is 9.47 Å². The van der Waals surface area contributed by atoms with Gasteiger partial charge in [-0.3, -0.25) is 9.69 Å². The van der Waals surface area contributed by atoms with Gasteiger partial charge in [0.05, 0.1) is 20.3 Å². The minimum atomic E-state index is -0.0605. The molecule has 0 spiro atoms. The van der Waals surface area contributed by atoms with Crippen molar-refractivity contribution >= 4 is 5.91 Å². The Morgan fingerprint density at radius 1 is 1.03 bits per heavy atom. The normalized spacial score (nSPS) is 16.4. The second-order valence-electron chi connectivity index (χ2n) is 8.91. The number of benzene rings is 3. The van der Waals surface area contributed by atoms with E-state index in [-0.39, 0.29) is 18.0 Å². The molecule has 0 saturated carbocycles. The van der Waals surface area contributed by atoms with Crippen LogP contribution in [0.25, 0.3) is 0 Å². The summed E-state index contributed by atoms with van der Waals surface area (Å²) in [5.74, 6) is 1.42. The minimum Gasteiger partial charge on any atom is -0.493 e. The van der Waals surface area contributed by atoms with Gasteiger partial charge in [0.25, 0.3) is 5.91 Å². The number of ether oxygens (including phenoxy) is 2. The first kappa shape index (κ1) is 23.8. The minimum absolute atomic E-state index is 0.0168. The highest BCUT2D eigenvalue weighted by Crippen LogP contribution is 2.40. The maximum absolute atomic E-state index is 13.2. The van der Waals surface area contributed by atoms with E-state index in [9.17, 15) is 4.79 Å². The molecule has 0 aromatic heterocycles. The highest BCUT2D eigenvalue weighted by molar-refractivity contribution is 5.94. The van der Waals surface area contributed by atoms with E-state index in [0.717, 1.165) is 37.2 Å². The molecule has 4 rings (SSSR count). The maximum atomic E-state index is 13.2. The number of carbonyl (C=O) groups excluding carboxylic acids is 1. The van der Waals surface area contributed by atoms with Crippen molar-refractivity contribution in [3.8, 4) is 11.5 Å². The van der Waals surface area contributed by atoms with Crippen molar-refractivity contribution in [2.24, 2.45) is 0 Å². The third-order valence-corrected chi connectivity index (χ3v) is 6.71. The molecule has 1 aliphatic rings. The van der Waals surface area contributed by atoms with Crippen molar-refractivity contribution in [2.45, 2.75) is 45.3 Å². The smallest absolute Gasteiger partial charge is 0.251 e. The number of hydrogen-bond donors (Lipinski definition) is 1. The lowest BCUT2D eigenvalue weighted by molar-refractivity contribution is 0.0859. The quantitative estimate of drug-likeness (QED) is 0.496. The van der Waals surface area contributed by atoms with Crippen molar-refractivity contribution in [1.82, 2.24) is 10.2 Å². The zero-order valence-corrected chi connectivity index (χ0v) is 20.5. The number of carbonyl (C=O) groups is 1. The maximum Gasteiger partial charge on any atom is 0.251 e. The molecule has 0 radical (unpaired) electrons. The summed E-state index contributed by atoms with van der Waals surface area (Å²) in [4.78, 5) is 15.7. The van der Waals surface area contributed by atoms with Gasteiger partial charge in [0.1, 0.15) is 0 Å². The molecule has 0 saturated heterocycles. The van der Waals surface area contributed by atoms with E-state index < -0.39 is 0 Å². The summed E-state index contributed by atoms with van der Waals surface area (Å²) in [6.45, 7) is 5.88. The van der Waals surface area contributed by atoms with Gasteiger partial charge in [0.2, 0.25) is 0 Å². The largest absolute Gasteiger partial charge is 0.493 e. The lowest BCUT2D eigenvalue weighted by atomic mass is 9.86. The van der Waals surface area contributed by atoms with Gasteiger partial charge in [-0.05, 0) is 60.7 Å². The number of methoxy groups -OCH3 is 2. The molecule has 1 N–H and O–H groups in total. The van der Waals surface area contributed by atoms with Crippen molar-refractivity contribution < 1.29 is 14.3 Å². The van der Waals surface area contributed by atoms with Crippen LogP contribution in [-0.4, -0.2) is 37.6 Å². The first-order valence-electron chi connectivity index (χ1n) is 11.9. The molecule has 1 amide bonds. The first-order valence-corrected chi connectivity index (χ1v) is 11.9. The molecular formula is C29H34N2O3. The topological polar surface area (TPSA) is 50.8 Å². The summed E-state index contributed by atoms with van der Waals surface area (Å²) in [6.07, 6.45) is 1.72. The van der Waals surface area contributed by atoms with E-state index in [1.165, 1.54) is 16.7 Å². The second-order valence-corrected chi connectivity index (χ2v) is 8.91. The zero-order chi connectivity index (χ0) is 24.1. The van der Waals surface area contributed by atoms with Gasteiger partial charge in [-0.25, -0.2) is 0 Å². The average molecular weight is 459 g/mol. The number of hydrogen-bond acceptors (Lipinski definition) is 4. The number of nitrogens with one attached hydrogen (secondary N) is 1. The number of rotatable bonds is 8. The molecule has 34 heavy (non-hydrogen) atoms. The molecule has 1 aliphatic heterocycles. The van der Waals surface area contributed by atoms with E-state index in [2.05, 4.69) is 53.5 Å². The van der Waals surface area contributed by atoms with Crippen LogP contribution in [0.5, 0.6) is 11.5 Å². The van der Waals surface area contributed by atoms with Gasteiger partial charge in [-0.2, -0.15) is 0 Å². The van der Waals surface area contributed by atoms with Crippen LogP contribution < -0.4 is 14.8 Å². The first-order chi connectivity index (χ1) is 16.5. The molecule has 5 nitrogen and oxygen atoms in total. The molecule has 3 aromatic carbocycles. The molecule has 0 bridgehead atoms. The lowest BCUT2D eigenvalue weighted by Crippen LogP contribution is -2.48. The van der Waals surface area contributed by atoms with Crippen molar-refractivity contribution in [3.05, 3.63) is 94.5 Å². The van der Waals surface area contributed by atoms with Crippen LogP contribution in [0.2, 0.25) is 0 Å². The van der Waals surface area contributed by atoms with Gasteiger partial charge in [0, 0.05) is 24.7 Å². The standard InChI is InChI=1S/C29H34N2O3/c1-5-25(30-29(32)22-13-11-20(2)12-14-22)28-24-18-27(34-4)26(33-3)17-23(24)15-16-31(28)19-21-9-7-6-8-10-21/h6-14,17-18,25,28H,5,15-16,19H2,1-4H3,(H,30,32). The van der Waals surface area contributed by atoms with Crippen LogP contribution in [0.15, 0.2) is 66.7 Å². The third kappa shape index (κ3) is 5.10. The molecule has 0 aliphatic carbocycles. The van der Waals surface area contributed by atoms with Crippen molar-refractivity contribution in [3.63, 3.8) is 0 Å². The Labute approximate surface area is 202 Å². The molecule has 2 unspecified atom stereocenters. The molecule has 178 valence electrons. The Bertz CT molecular complexity index is 1110. The average Bonchev–Trinajstić information content (AvgIpc) is 2.87. The highest BCUT2D eigenvalue weighted by atomic mass is 16.5. The predicted molar refractivity (Wildman–Crippen MR) is 136 cm³/mol. The fraction of sp³-hybridized carbons (Fsp3) is 0.345. The van der Waals surface area contributed by atoms with Crippen LogP contribution >= 0.6 is 0 Å². The number of amides is 1. The van der Waals surface area contributed by atoms with Gasteiger partial charge in [0.15, 0.2) is 11.5 Å². The fourth-order valence-electron chi connectivity index (χ4n) is 4.86. The number of fused-ring (bicyclic) bond motifs is 1. The van der Waals surface area contributed by atoms with Crippen LogP contribution in [-0.2, 0) is 13.0 Å². The van der Waals surface area contributed by atoms with Crippen LogP contribution in [0.1, 0.15) is 52.0 Å². The molecule has 3 aromatic rings. The van der Waals surface area contributed by atoms with E-state index >= 15 is 0 Å².